The molecule has 1 heterocycles. The van der Waals surface area contributed by atoms with Crippen molar-refractivity contribution in [3.63, 3.8) is 0 Å². The summed E-state index contributed by atoms with van der Waals surface area (Å²) in [6, 6.07) is -0.379. The van der Waals surface area contributed by atoms with Gasteiger partial charge in [-0.3, -0.25) is 0 Å². The van der Waals surface area contributed by atoms with Gasteiger partial charge in [-0.1, -0.05) is 160 Å². The predicted molar refractivity (Wildman–Crippen MR) is 210 cm³/mol. The van der Waals surface area contributed by atoms with Crippen molar-refractivity contribution in [2.75, 3.05) is 25.6 Å². The van der Waals surface area contributed by atoms with Crippen LogP contribution in [0.4, 0.5) is 0 Å². The van der Waals surface area contributed by atoms with Crippen LogP contribution in [-0.2, 0) is 19.5 Å². The summed E-state index contributed by atoms with van der Waals surface area (Å²) >= 11 is 0. The van der Waals surface area contributed by atoms with E-state index < -0.39 is 53.4 Å². The smallest absolute Gasteiger partial charge is 0.213 e. The molecule has 0 amide bonds. The zero-order chi connectivity index (χ0) is 38.3. The molecule has 1 fully saturated rings. The topological polar surface area (TPSA) is 192 Å². The van der Waals surface area contributed by atoms with Gasteiger partial charge in [-0.15, -0.1) is 0 Å². The fourth-order valence-electron chi connectivity index (χ4n) is 6.68. The van der Waals surface area contributed by atoms with E-state index in [0.717, 1.165) is 44.9 Å². The Balaban J connectivity index is 1.86. The number of aliphatic hydroxyl groups is 5. The molecule has 1 saturated heterocycles. The molecule has 12 heteroatoms. The maximum Gasteiger partial charge on any atom is 0.213 e. The second-order valence-corrected chi connectivity index (χ2v) is 17.0. The van der Waals surface area contributed by atoms with Crippen molar-refractivity contribution in [1.82, 2.24) is 4.72 Å². The molecule has 0 radical (unpaired) electrons. The van der Waals surface area contributed by atoms with E-state index in [1.165, 1.54) is 116 Å². The Morgan fingerprint density at radius 1 is 0.692 bits per heavy atom. The summed E-state index contributed by atoms with van der Waals surface area (Å²) in [5.74, 6) is -0.120. The number of ether oxygens (including phenoxy) is 2. The van der Waals surface area contributed by atoms with Crippen LogP contribution in [0.25, 0.3) is 0 Å². The lowest BCUT2D eigenvalue weighted by Crippen LogP contribution is -2.63. The largest absolute Gasteiger partial charge is 0.394 e. The third kappa shape index (κ3) is 25.4. The monoisotopic (exact) mass is 765 g/mol. The highest BCUT2D eigenvalue weighted by Gasteiger charge is 2.44. The first-order chi connectivity index (χ1) is 25.1. The van der Waals surface area contributed by atoms with Crippen molar-refractivity contribution >= 4 is 10.0 Å². The zero-order valence-electron chi connectivity index (χ0n) is 32.8. The zero-order valence-corrected chi connectivity index (χ0v) is 33.6. The molecule has 11 nitrogen and oxygen atoms in total. The number of sulfonamides is 1. The van der Waals surface area contributed by atoms with E-state index in [1.807, 2.05) is 6.08 Å². The van der Waals surface area contributed by atoms with Crippen LogP contribution in [-0.4, -0.2) is 102 Å². The summed E-state index contributed by atoms with van der Waals surface area (Å²) < 4.78 is 38.0. The normalized spacial score (nSPS) is 22.3. The lowest BCUT2D eigenvalue weighted by molar-refractivity contribution is -0.231. The standard InChI is InChI=1S/C40H80N2O9S/c1-2-3-4-5-6-7-8-11-14-17-20-23-26-29-35(44)34(41)33-50-30-27-24-21-18-15-12-9-10-13-16-19-22-25-28-31-52(48,49)42-40-39(47)38(46)37(45)36(32-43)51-40/h26,29,34-40,42-47H,2-25,27-28,30-33,41H2,1H3/t34?,35?,36-,37-,38+,39-,40?/m1/s1. The van der Waals surface area contributed by atoms with Gasteiger partial charge in [0.25, 0.3) is 0 Å². The lowest BCUT2D eigenvalue weighted by atomic mass is 9.99. The number of hydrogen-bond donors (Lipinski definition) is 7. The Kier molecular flexibility index (Phi) is 30.9. The van der Waals surface area contributed by atoms with Crippen molar-refractivity contribution in [2.45, 2.75) is 217 Å². The molecule has 0 bridgehead atoms. The van der Waals surface area contributed by atoms with Gasteiger partial charge in [-0.2, -0.15) is 4.72 Å². The molecule has 1 aliphatic rings. The average molecular weight is 765 g/mol. The lowest BCUT2D eigenvalue weighted by Gasteiger charge is -2.39. The second-order valence-electron chi connectivity index (χ2n) is 15.1. The van der Waals surface area contributed by atoms with Crippen LogP contribution in [0.2, 0.25) is 0 Å². The van der Waals surface area contributed by atoms with Crippen molar-refractivity contribution in [1.29, 1.82) is 0 Å². The average Bonchev–Trinajstić information content (AvgIpc) is 3.12. The molecular formula is C40H80N2O9S. The first-order valence-electron chi connectivity index (χ1n) is 21.1. The third-order valence-corrected chi connectivity index (χ3v) is 11.6. The molecule has 0 aliphatic carbocycles. The van der Waals surface area contributed by atoms with E-state index in [4.69, 9.17) is 15.2 Å². The van der Waals surface area contributed by atoms with Gasteiger partial charge in [-0.25, -0.2) is 8.42 Å². The number of allylic oxidation sites excluding steroid dienone is 1. The second kappa shape index (κ2) is 32.6. The van der Waals surface area contributed by atoms with Crippen molar-refractivity contribution in [3.8, 4) is 0 Å². The minimum absolute atomic E-state index is 0.120. The van der Waals surface area contributed by atoms with Crippen molar-refractivity contribution < 1.29 is 43.4 Å². The molecule has 0 aromatic rings. The fourth-order valence-corrected chi connectivity index (χ4v) is 7.93. The highest BCUT2D eigenvalue weighted by Crippen LogP contribution is 2.21. The van der Waals surface area contributed by atoms with E-state index in [-0.39, 0.29) is 11.8 Å². The van der Waals surface area contributed by atoms with Gasteiger partial charge >= 0.3 is 0 Å². The number of unbranched alkanes of at least 4 members (excludes halogenated alkanes) is 24. The van der Waals surface area contributed by atoms with Gasteiger partial charge in [0.1, 0.15) is 30.6 Å². The van der Waals surface area contributed by atoms with Gasteiger partial charge in [0.2, 0.25) is 10.0 Å². The molecule has 52 heavy (non-hydrogen) atoms. The summed E-state index contributed by atoms with van der Waals surface area (Å²) in [7, 11) is -3.75. The minimum atomic E-state index is -3.75. The van der Waals surface area contributed by atoms with Crippen molar-refractivity contribution in [2.24, 2.45) is 5.73 Å². The van der Waals surface area contributed by atoms with E-state index >= 15 is 0 Å². The molecule has 1 aliphatic heterocycles. The first kappa shape index (κ1) is 49.3. The highest BCUT2D eigenvalue weighted by atomic mass is 32.2. The summed E-state index contributed by atoms with van der Waals surface area (Å²) in [6.45, 7) is 2.73. The minimum Gasteiger partial charge on any atom is -0.394 e. The molecule has 0 aromatic heterocycles. The van der Waals surface area contributed by atoms with Crippen LogP contribution in [0, 0.1) is 0 Å². The Morgan fingerprint density at radius 2 is 1.15 bits per heavy atom. The third-order valence-electron chi connectivity index (χ3n) is 10.2. The highest BCUT2D eigenvalue weighted by molar-refractivity contribution is 7.89. The molecule has 0 saturated carbocycles. The Hall–Kier alpha value is -0.670. The van der Waals surface area contributed by atoms with E-state index in [0.29, 0.717) is 19.6 Å². The molecule has 310 valence electrons. The predicted octanol–water partition coefficient (Wildman–Crippen LogP) is 6.13. The maximum absolute atomic E-state index is 12.4. The number of aliphatic hydroxyl groups excluding tert-OH is 5. The van der Waals surface area contributed by atoms with E-state index in [2.05, 4.69) is 17.7 Å². The van der Waals surface area contributed by atoms with Gasteiger partial charge in [-0.05, 0) is 25.7 Å². The molecule has 0 spiro atoms. The summed E-state index contributed by atoms with van der Waals surface area (Å²) in [6.07, 6.45) is 26.9. The summed E-state index contributed by atoms with van der Waals surface area (Å²) in [5, 5.41) is 49.2. The quantitative estimate of drug-likeness (QED) is 0.0289. The van der Waals surface area contributed by atoms with Crippen LogP contribution in [0.5, 0.6) is 0 Å². The Morgan fingerprint density at radius 3 is 1.65 bits per heavy atom. The molecule has 8 N–H and O–H groups in total. The molecular weight excluding hydrogens is 685 g/mol. The van der Waals surface area contributed by atoms with Crippen LogP contribution >= 0.6 is 0 Å². The van der Waals surface area contributed by atoms with Gasteiger partial charge < -0.3 is 40.7 Å². The molecule has 1 rings (SSSR count). The van der Waals surface area contributed by atoms with Crippen LogP contribution in [0.1, 0.15) is 174 Å². The SMILES string of the molecule is CCCCCCCCCCCCCC=CC(O)C(N)COCCCCCCCCCCCCCCCCS(=O)(=O)NC1O[C@H](CO)[C@@H](O)[C@H](O)[C@H]1O. The number of nitrogens with one attached hydrogen (secondary N) is 1. The Labute approximate surface area is 317 Å². The first-order valence-corrected chi connectivity index (χ1v) is 22.8. The van der Waals surface area contributed by atoms with E-state index in [9.17, 15) is 34.0 Å². The summed E-state index contributed by atoms with van der Waals surface area (Å²) in [4.78, 5) is 0. The van der Waals surface area contributed by atoms with Gasteiger partial charge in [0, 0.05) is 6.61 Å². The molecule has 0 aromatic carbocycles. The number of rotatable bonds is 36. The summed E-state index contributed by atoms with van der Waals surface area (Å²) in [5.41, 5.74) is 6.11. The van der Waals surface area contributed by atoms with Crippen LogP contribution < -0.4 is 10.5 Å². The van der Waals surface area contributed by atoms with Crippen LogP contribution in [0.15, 0.2) is 12.2 Å². The number of nitrogens with two attached hydrogens (primary N) is 1. The molecule has 7 atom stereocenters. The molecule has 3 unspecified atom stereocenters. The van der Waals surface area contributed by atoms with Crippen molar-refractivity contribution in [3.05, 3.63) is 12.2 Å². The Bertz CT molecular complexity index is 940. The van der Waals surface area contributed by atoms with Gasteiger partial charge in [0.15, 0.2) is 0 Å². The van der Waals surface area contributed by atoms with Crippen LogP contribution in [0.3, 0.4) is 0 Å². The fraction of sp³-hybridized carbons (Fsp3) is 0.950. The maximum atomic E-state index is 12.4. The van der Waals surface area contributed by atoms with Gasteiger partial charge in [0.05, 0.1) is 31.1 Å². The van der Waals surface area contributed by atoms with E-state index in [1.54, 1.807) is 0 Å². The number of hydrogen-bond acceptors (Lipinski definition) is 10.